The van der Waals surface area contributed by atoms with E-state index in [1.807, 2.05) is 47.1 Å². The number of aryl methyl sites for hydroxylation is 3. The molecule has 2 aromatic heterocycles. The zero-order chi connectivity index (χ0) is 22.4. The topological polar surface area (TPSA) is 65.1 Å². The van der Waals surface area contributed by atoms with Crippen molar-refractivity contribution < 1.29 is 0 Å². The van der Waals surface area contributed by atoms with Crippen molar-refractivity contribution in [3.63, 3.8) is 0 Å². The third kappa shape index (κ3) is 3.17. The Hall–Kier alpha value is -3.87. The standard InChI is InChI=1S/C25H25N5O2/c1-17-11-12-18(2)20(16-17)28-14-15-29-21-22(26-24(28)29)27(3)25(32)30(23(21)31)13-7-10-19-8-5-4-6-9-19/h4-12,16H,13-15H2,1-3H3. The Labute approximate surface area is 185 Å². The molecule has 0 bridgehead atoms. The predicted molar refractivity (Wildman–Crippen MR) is 128 cm³/mol. The molecule has 0 saturated heterocycles. The molecule has 3 heterocycles. The van der Waals surface area contributed by atoms with Crippen LogP contribution in [-0.4, -0.2) is 25.2 Å². The zero-order valence-corrected chi connectivity index (χ0v) is 18.4. The number of hydrogen-bond donors (Lipinski definition) is 0. The minimum Gasteiger partial charge on any atom is -0.310 e. The van der Waals surface area contributed by atoms with E-state index in [-0.39, 0.29) is 17.8 Å². The Morgan fingerprint density at radius 3 is 2.59 bits per heavy atom. The van der Waals surface area contributed by atoms with Crippen LogP contribution in [0.15, 0.2) is 64.2 Å². The number of imidazole rings is 1. The van der Waals surface area contributed by atoms with Crippen LogP contribution in [0.1, 0.15) is 16.7 Å². The molecule has 0 aliphatic carbocycles. The van der Waals surface area contributed by atoms with Crippen LogP contribution in [0, 0.1) is 13.8 Å². The lowest BCUT2D eigenvalue weighted by Crippen LogP contribution is -2.39. The van der Waals surface area contributed by atoms with Gasteiger partial charge in [0.1, 0.15) is 0 Å². The molecule has 0 amide bonds. The van der Waals surface area contributed by atoms with Gasteiger partial charge in [0.2, 0.25) is 5.95 Å². The van der Waals surface area contributed by atoms with Gasteiger partial charge >= 0.3 is 5.69 Å². The van der Waals surface area contributed by atoms with Gasteiger partial charge in [0, 0.05) is 32.4 Å². The summed E-state index contributed by atoms with van der Waals surface area (Å²) in [5, 5.41) is 0. The first-order valence-corrected chi connectivity index (χ1v) is 10.7. The highest BCUT2D eigenvalue weighted by Gasteiger charge is 2.29. The molecule has 5 rings (SSSR count). The summed E-state index contributed by atoms with van der Waals surface area (Å²) in [6.07, 6.45) is 3.76. The van der Waals surface area contributed by atoms with E-state index in [1.165, 1.54) is 14.7 Å². The fourth-order valence-electron chi connectivity index (χ4n) is 4.34. The van der Waals surface area contributed by atoms with Crippen LogP contribution in [0.25, 0.3) is 17.2 Å². The van der Waals surface area contributed by atoms with E-state index in [0.717, 1.165) is 23.4 Å². The van der Waals surface area contributed by atoms with Gasteiger partial charge in [-0.05, 0) is 36.6 Å². The summed E-state index contributed by atoms with van der Waals surface area (Å²) < 4.78 is 4.69. The molecule has 4 aromatic rings. The van der Waals surface area contributed by atoms with Crippen LogP contribution in [0.3, 0.4) is 0 Å². The van der Waals surface area contributed by atoms with Crippen LogP contribution in [-0.2, 0) is 20.1 Å². The second kappa shape index (κ2) is 7.67. The number of fused-ring (bicyclic) bond motifs is 3. The minimum absolute atomic E-state index is 0.206. The Bertz CT molecular complexity index is 1470. The molecular formula is C25H25N5O2. The monoisotopic (exact) mass is 427 g/mol. The molecule has 7 heteroatoms. The van der Waals surface area contributed by atoms with Crippen LogP contribution < -0.4 is 16.1 Å². The van der Waals surface area contributed by atoms with Crippen molar-refractivity contribution in [3.05, 3.63) is 92.1 Å². The van der Waals surface area contributed by atoms with Gasteiger partial charge in [-0.15, -0.1) is 0 Å². The summed E-state index contributed by atoms with van der Waals surface area (Å²) >= 11 is 0. The molecule has 0 spiro atoms. The second-order valence-corrected chi connectivity index (χ2v) is 8.25. The lowest BCUT2D eigenvalue weighted by atomic mass is 10.1. The first-order valence-electron chi connectivity index (χ1n) is 10.7. The maximum atomic E-state index is 13.4. The maximum absolute atomic E-state index is 13.4. The van der Waals surface area contributed by atoms with Gasteiger partial charge in [-0.1, -0.05) is 54.6 Å². The lowest BCUT2D eigenvalue weighted by molar-refractivity contribution is 0.663. The fraction of sp³-hybridized carbons (Fsp3) is 0.240. The van der Waals surface area contributed by atoms with Crippen molar-refractivity contribution >= 4 is 28.9 Å². The average molecular weight is 428 g/mol. The fourth-order valence-corrected chi connectivity index (χ4v) is 4.34. The quantitative estimate of drug-likeness (QED) is 0.501. The highest BCUT2D eigenvalue weighted by atomic mass is 16.2. The van der Waals surface area contributed by atoms with Crippen molar-refractivity contribution in [3.8, 4) is 0 Å². The SMILES string of the molecule is Cc1ccc(C)c(N2CCn3c2nc2c3c(=O)n(CC=Cc3ccccc3)c(=O)n2C)c1. The normalized spacial score (nSPS) is 13.4. The summed E-state index contributed by atoms with van der Waals surface area (Å²) in [6, 6.07) is 16.1. The molecular weight excluding hydrogens is 402 g/mol. The van der Waals surface area contributed by atoms with Gasteiger partial charge in [-0.2, -0.15) is 4.98 Å². The number of benzene rings is 2. The largest absolute Gasteiger partial charge is 0.332 e. The predicted octanol–water partition coefficient (Wildman–Crippen LogP) is 3.38. The molecule has 0 unspecified atom stereocenters. The third-order valence-corrected chi connectivity index (χ3v) is 6.05. The molecule has 0 N–H and O–H groups in total. The number of aromatic nitrogens is 4. The molecule has 0 radical (unpaired) electrons. The molecule has 7 nitrogen and oxygen atoms in total. The van der Waals surface area contributed by atoms with Crippen molar-refractivity contribution in [1.82, 2.24) is 18.7 Å². The van der Waals surface area contributed by atoms with Gasteiger partial charge in [0.25, 0.3) is 5.56 Å². The van der Waals surface area contributed by atoms with E-state index in [1.54, 1.807) is 7.05 Å². The zero-order valence-electron chi connectivity index (χ0n) is 18.4. The highest BCUT2D eigenvalue weighted by Crippen LogP contribution is 2.34. The van der Waals surface area contributed by atoms with Gasteiger partial charge < -0.3 is 9.47 Å². The van der Waals surface area contributed by atoms with Gasteiger partial charge in [0.05, 0.1) is 0 Å². The number of allylic oxidation sites excluding steroid dienone is 1. The summed E-state index contributed by atoms with van der Waals surface area (Å²) in [7, 11) is 1.67. The van der Waals surface area contributed by atoms with Crippen molar-refractivity contribution in [2.75, 3.05) is 11.4 Å². The van der Waals surface area contributed by atoms with Crippen LogP contribution >= 0.6 is 0 Å². The number of rotatable bonds is 4. The van der Waals surface area contributed by atoms with Crippen LogP contribution in [0.2, 0.25) is 0 Å². The lowest BCUT2D eigenvalue weighted by Gasteiger charge is -2.19. The average Bonchev–Trinajstić information content (AvgIpc) is 3.36. The molecule has 32 heavy (non-hydrogen) atoms. The highest BCUT2D eigenvalue weighted by molar-refractivity contribution is 5.78. The first-order chi connectivity index (χ1) is 15.5. The molecule has 0 atom stereocenters. The number of anilines is 2. The second-order valence-electron chi connectivity index (χ2n) is 8.25. The summed E-state index contributed by atoms with van der Waals surface area (Å²) in [6.45, 7) is 5.72. The van der Waals surface area contributed by atoms with E-state index >= 15 is 0 Å². The van der Waals surface area contributed by atoms with Gasteiger partial charge in [-0.3, -0.25) is 13.9 Å². The van der Waals surface area contributed by atoms with Crippen molar-refractivity contribution in [2.45, 2.75) is 26.9 Å². The Morgan fingerprint density at radius 2 is 1.81 bits per heavy atom. The maximum Gasteiger partial charge on any atom is 0.332 e. The number of nitrogens with zero attached hydrogens (tertiary/aromatic N) is 5. The van der Waals surface area contributed by atoms with E-state index in [0.29, 0.717) is 23.7 Å². The van der Waals surface area contributed by atoms with Gasteiger partial charge in [0.15, 0.2) is 11.2 Å². The Kier molecular flexibility index (Phi) is 4.81. The Balaban J connectivity index is 1.60. The van der Waals surface area contributed by atoms with E-state index in [4.69, 9.17) is 4.98 Å². The Morgan fingerprint density at radius 1 is 1.03 bits per heavy atom. The molecule has 0 fully saturated rings. The molecule has 1 aliphatic heterocycles. The van der Waals surface area contributed by atoms with Crippen molar-refractivity contribution in [1.29, 1.82) is 0 Å². The molecule has 162 valence electrons. The van der Waals surface area contributed by atoms with E-state index < -0.39 is 0 Å². The number of hydrogen-bond acceptors (Lipinski definition) is 4. The minimum atomic E-state index is -0.365. The van der Waals surface area contributed by atoms with Crippen molar-refractivity contribution in [2.24, 2.45) is 7.05 Å². The molecule has 2 aromatic carbocycles. The molecule has 0 saturated carbocycles. The third-order valence-electron chi connectivity index (χ3n) is 6.05. The van der Waals surface area contributed by atoms with Crippen LogP contribution in [0.4, 0.5) is 11.6 Å². The van der Waals surface area contributed by atoms with Gasteiger partial charge in [-0.25, -0.2) is 4.79 Å². The summed E-state index contributed by atoms with van der Waals surface area (Å²) in [5.74, 6) is 0.707. The smallest absolute Gasteiger partial charge is 0.310 e. The van der Waals surface area contributed by atoms with E-state index in [2.05, 4.69) is 36.9 Å². The summed E-state index contributed by atoms with van der Waals surface area (Å²) in [4.78, 5) is 33.2. The summed E-state index contributed by atoms with van der Waals surface area (Å²) in [5.41, 5.74) is 4.64. The van der Waals surface area contributed by atoms with E-state index in [9.17, 15) is 9.59 Å². The molecule has 1 aliphatic rings. The first kappa shape index (κ1) is 20.1. The van der Waals surface area contributed by atoms with Crippen LogP contribution in [0.5, 0.6) is 0 Å².